The van der Waals surface area contributed by atoms with E-state index in [1.165, 1.54) is 0 Å². The van der Waals surface area contributed by atoms with E-state index in [0.717, 1.165) is 0 Å². The third kappa shape index (κ3) is 3.14. The fourth-order valence-electron chi connectivity index (χ4n) is 1.18. The van der Waals surface area contributed by atoms with Crippen molar-refractivity contribution in [2.75, 3.05) is 5.88 Å². The lowest BCUT2D eigenvalue weighted by Gasteiger charge is -2.17. The van der Waals surface area contributed by atoms with E-state index in [9.17, 15) is 10.2 Å². The average Bonchev–Trinajstić information content (AvgIpc) is 2.17. The summed E-state index contributed by atoms with van der Waals surface area (Å²) in [5, 5.41) is 19.7. The average molecular weight is 235 g/mol. The quantitative estimate of drug-likeness (QED) is 0.786. The lowest BCUT2D eigenvalue weighted by Crippen LogP contribution is -2.18. The lowest BCUT2D eigenvalue weighted by atomic mass is 10.0. The highest BCUT2D eigenvalue weighted by atomic mass is 35.5. The molecule has 0 aliphatic carbocycles. The summed E-state index contributed by atoms with van der Waals surface area (Å²) in [6, 6.07) is 6.79. The Kier molecular flexibility index (Phi) is 4.69. The third-order valence-electron chi connectivity index (χ3n) is 1.96. The van der Waals surface area contributed by atoms with Crippen LogP contribution < -0.4 is 0 Å². The van der Waals surface area contributed by atoms with Crippen molar-refractivity contribution < 1.29 is 10.2 Å². The number of hydrogen-bond donors (Lipinski definition) is 2. The predicted octanol–water partition coefficient (Wildman–Crippen LogP) is 2.36. The summed E-state index contributed by atoms with van der Waals surface area (Å²) in [6.07, 6.45) is -1.41. The maximum atomic E-state index is 9.68. The Bertz CT molecular complexity index is 291. The van der Waals surface area contributed by atoms with Gasteiger partial charge in [-0.3, -0.25) is 0 Å². The molecule has 2 unspecified atom stereocenters. The highest BCUT2D eigenvalue weighted by Crippen LogP contribution is 2.21. The highest BCUT2D eigenvalue weighted by molar-refractivity contribution is 6.30. The molecular formula is C10H12Cl2O2. The fourth-order valence-corrected chi connectivity index (χ4v) is 1.60. The number of aliphatic hydroxyl groups is 2. The van der Waals surface area contributed by atoms with Crippen LogP contribution in [0.25, 0.3) is 0 Å². The van der Waals surface area contributed by atoms with Gasteiger partial charge in [0.15, 0.2) is 0 Å². The van der Waals surface area contributed by atoms with Crippen LogP contribution >= 0.6 is 23.2 Å². The van der Waals surface area contributed by atoms with Gasteiger partial charge in [-0.15, -0.1) is 11.6 Å². The molecule has 0 fully saturated rings. The Morgan fingerprint density at radius 1 is 1.29 bits per heavy atom. The van der Waals surface area contributed by atoms with Crippen LogP contribution in [0, 0.1) is 0 Å². The Labute approximate surface area is 93.1 Å². The Hall–Kier alpha value is -0.280. The summed E-state index contributed by atoms with van der Waals surface area (Å²) in [7, 11) is 0. The SMILES string of the molecule is OC(CCCl)C(O)c1cccc(Cl)c1. The van der Waals surface area contributed by atoms with Crippen molar-refractivity contribution in [2.45, 2.75) is 18.6 Å². The molecule has 2 nitrogen and oxygen atoms in total. The van der Waals surface area contributed by atoms with Crippen molar-refractivity contribution in [1.82, 2.24) is 0 Å². The predicted molar refractivity (Wildman–Crippen MR) is 57.8 cm³/mol. The summed E-state index contributed by atoms with van der Waals surface area (Å²) in [6.45, 7) is 0. The van der Waals surface area contributed by atoms with E-state index < -0.39 is 12.2 Å². The largest absolute Gasteiger partial charge is 0.390 e. The van der Waals surface area contributed by atoms with Gasteiger partial charge in [0, 0.05) is 10.9 Å². The van der Waals surface area contributed by atoms with E-state index in [1.54, 1.807) is 24.3 Å². The van der Waals surface area contributed by atoms with Crippen molar-refractivity contribution in [2.24, 2.45) is 0 Å². The molecule has 0 heterocycles. The Morgan fingerprint density at radius 3 is 2.57 bits per heavy atom. The molecule has 2 atom stereocenters. The molecule has 0 saturated heterocycles. The zero-order chi connectivity index (χ0) is 10.6. The van der Waals surface area contributed by atoms with Crippen LogP contribution in [0.1, 0.15) is 18.1 Å². The number of rotatable bonds is 4. The Morgan fingerprint density at radius 2 is 2.00 bits per heavy atom. The summed E-state index contributed by atoms with van der Waals surface area (Å²) in [5.41, 5.74) is 0.607. The molecule has 2 N–H and O–H groups in total. The van der Waals surface area contributed by atoms with Gasteiger partial charge in [0.2, 0.25) is 0 Å². The van der Waals surface area contributed by atoms with E-state index in [4.69, 9.17) is 23.2 Å². The van der Waals surface area contributed by atoms with Crippen LogP contribution in [0.5, 0.6) is 0 Å². The Balaban J connectivity index is 2.73. The minimum Gasteiger partial charge on any atom is -0.390 e. The number of hydrogen-bond acceptors (Lipinski definition) is 2. The van der Waals surface area contributed by atoms with Crippen molar-refractivity contribution in [3.8, 4) is 0 Å². The molecule has 0 radical (unpaired) electrons. The van der Waals surface area contributed by atoms with Crippen molar-refractivity contribution in [3.05, 3.63) is 34.9 Å². The third-order valence-corrected chi connectivity index (χ3v) is 2.41. The monoisotopic (exact) mass is 234 g/mol. The van der Waals surface area contributed by atoms with Crippen LogP contribution in [0.3, 0.4) is 0 Å². The molecule has 0 aliphatic rings. The molecular weight excluding hydrogens is 223 g/mol. The number of halogens is 2. The molecule has 78 valence electrons. The first-order valence-corrected chi connectivity index (χ1v) is 5.24. The van der Waals surface area contributed by atoms with Gasteiger partial charge in [-0.05, 0) is 24.1 Å². The minimum absolute atomic E-state index is 0.318. The van der Waals surface area contributed by atoms with Gasteiger partial charge in [-0.2, -0.15) is 0 Å². The molecule has 0 spiro atoms. The van der Waals surface area contributed by atoms with E-state index in [2.05, 4.69) is 0 Å². The molecule has 1 rings (SSSR count). The van der Waals surface area contributed by atoms with Gasteiger partial charge in [-0.25, -0.2) is 0 Å². The maximum Gasteiger partial charge on any atom is 0.105 e. The van der Waals surface area contributed by atoms with Gasteiger partial charge in [-0.1, -0.05) is 23.7 Å². The standard InChI is InChI=1S/C10H12Cl2O2/c11-5-4-9(13)10(14)7-2-1-3-8(12)6-7/h1-3,6,9-10,13-14H,4-5H2. The number of benzene rings is 1. The minimum atomic E-state index is -0.924. The molecule has 0 saturated carbocycles. The van der Waals surface area contributed by atoms with Crippen LogP contribution in [0.4, 0.5) is 0 Å². The van der Waals surface area contributed by atoms with Gasteiger partial charge in [0.05, 0.1) is 6.10 Å². The van der Waals surface area contributed by atoms with Gasteiger partial charge in [0.25, 0.3) is 0 Å². The van der Waals surface area contributed by atoms with E-state index in [1.807, 2.05) is 0 Å². The van der Waals surface area contributed by atoms with Gasteiger partial charge >= 0.3 is 0 Å². The topological polar surface area (TPSA) is 40.5 Å². The fraction of sp³-hybridized carbons (Fsp3) is 0.400. The van der Waals surface area contributed by atoms with E-state index in [-0.39, 0.29) is 0 Å². The molecule has 14 heavy (non-hydrogen) atoms. The lowest BCUT2D eigenvalue weighted by molar-refractivity contribution is 0.0170. The van der Waals surface area contributed by atoms with Crippen LogP contribution in [-0.2, 0) is 0 Å². The normalized spacial score (nSPS) is 15.1. The van der Waals surface area contributed by atoms with E-state index >= 15 is 0 Å². The molecule has 0 bridgehead atoms. The van der Waals surface area contributed by atoms with Crippen molar-refractivity contribution in [1.29, 1.82) is 0 Å². The number of aliphatic hydroxyl groups excluding tert-OH is 2. The van der Waals surface area contributed by atoms with Crippen molar-refractivity contribution in [3.63, 3.8) is 0 Å². The zero-order valence-electron chi connectivity index (χ0n) is 7.53. The first kappa shape index (κ1) is 11.8. The smallest absolute Gasteiger partial charge is 0.105 e. The molecule has 0 aromatic heterocycles. The van der Waals surface area contributed by atoms with Gasteiger partial charge in [0.1, 0.15) is 6.10 Å². The molecule has 0 aliphatic heterocycles. The van der Waals surface area contributed by atoms with Crippen LogP contribution in [-0.4, -0.2) is 22.2 Å². The zero-order valence-corrected chi connectivity index (χ0v) is 9.04. The van der Waals surface area contributed by atoms with Crippen molar-refractivity contribution >= 4 is 23.2 Å². The first-order chi connectivity index (χ1) is 6.65. The molecule has 1 aromatic carbocycles. The molecule has 0 amide bonds. The highest BCUT2D eigenvalue weighted by Gasteiger charge is 2.17. The summed E-state index contributed by atoms with van der Waals surface area (Å²) < 4.78 is 0. The second-order valence-corrected chi connectivity index (χ2v) is 3.86. The van der Waals surface area contributed by atoms with Crippen LogP contribution in [0.15, 0.2) is 24.3 Å². The van der Waals surface area contributed by atoms with E-state index in [0.29, 0.717) is 22.9 Å². The summed E-state index contributed by atoms with van der Waals surface area (Å²) in [4.78, 5) is 0. The summed E-state index contributed by atoms with van der Waals surface area (Å²) in [5.74, 6) is 0.318. The second-order valence-electron chi connectivity index (χ2n) is 3.04. The molecule has 1 aromatic rings. The number of alkyl halides is 1. The second kappa shape index (κ2) is 5.56. The van der Waals surface area contributed by atoms with Gasteiger partial charge < -0.3 is 10.2 Å². The first-order valence-electron chi connectivity index (χ1n) is 4.32. The maximum absolute atomic E-state index is 9.68. The van der Waals surface area contributed by atoms with Crippen LogP contribution in [0.2, 0.25) is 5.02 Å². The summed E-state index contributed by atoms with van der Waals surface area (Å²) >= 11 is 11.2. The molecule has 4 heteroatoms.